The lowest BCUT2D eigenvalue weighted by Crippen LogP contribution is -2.42. The van der Waals surface area contributed by atoms with E-state index in [0.29, 0.717) is 36.0 Å². The lowest BCUT2D eigenvalue weighted by atomic mass is 9.91. The van der Waals surface area contributed by atoms with Crippen LogP contribution in [0, 0.1) is 13.8 Å². The SMILES string of the molecule is Cc1ccc(NC(=O)CN2C(=O)N[C@@](C)(c3ccc4c(c3)OCCCO4)C2=O)c(C)c1. The molecule has 8 heteroatoms. The maximum Gasteiger partial charge on any atom is 0.325 e. The number of imide groups is 1. The Hall–Kier alpha value is -3.55. The van der Waals surface area contributed by atoms with Gasteiger partial charge in [0.05, 0.1) is 13.2 Å². The number of nitrogens with one attached hydrogen (secondary N) is 2. The van der Waals surface area contributed by atoms with Gasteiger partial charge in [-0.2, -0.15) is 0 Å². The van der Waals surface area contributed by atoms with Gasteiger partial charge >= 0.3 is 6.03 Å². The van der Waals surface area contributed by atoms with E-state index < -0.39 is 23.4 Å². The van der Waals surface area contributed by atoms with Crippen LogP contribution < -0.4 is 20.1 Å². The predicted molar refractivity (Wildman–Crippen MR) is 114 cm³/mol. The fourth-order valence-corrected chi connectivity index (χ4v) is 3.80. The third-order valence-electron chi connectivity index (χ3n) is 5.56. The highest BCUT2D eigenvalue weighted by atomic mass is 16.5. The van der Waals surface area contributed by atoms with Gasteiger partial charge in [0.15, 0.2) is 11.5 Å². The molecule has 2 aliphatic heterocycles. The van der Waals surface area contributed by atoms with Gasteiger partial charge in [-0.05, 0) is 50.1 Å². The van der Waals surface area contributed by atoms with E-state index in [9.17, 15) is 14.4 Å². The molecule has 0 spiro atoms. The molecule has 0 aliphatic carbocycles. The summed E-state index contributed by atoms with van der Waals surface area (Å²) in [4.78, 5) is 39.2. The van der Waals surface area contributed by atoms with Crippen LogP contribution in [0.4, 0.5) is 10.5 Å². The van der Waals surface area contributed by atoms with Crippen molar-refractivity contribution in [3.05, 3.63) is 53.1 Å². The largest absolute Gasteiger partial charge is 0.490 e. The first-order valence-corrected chi connectivity index (χ1v) is 10.2. The van der Waals surface area contributed by atoms with Gasteiger partial charge in [-0.3, -0.25) is 14.5 Å². The fraction of sp³-hybridized carbons (Fsp3) is 0.348. The Labute approximate surface area is 180 Å². The van der Waals surface area contributed by atoms with Gasteiger partial charge in [-0.25, -0.2) is 4.79 Å². The van der Waals surface area contributed by atoms with Crippen LogP contribution in [0.2, 0.25) is 0 Å². The monoisotopic (exact) mass is 423 g/mol. The quantitative estimate of drug-likeness (QED) is 0.737. The summed E-state index contributed by atoms with van der Waals surface area (Å²) in [5.74, 6) is 0.191. The number of rotatable bonds is 4. The Morgan fingerprint density at radius 1 is 1.10 bits per heavy atom. The highest BCUT2D eigenvalue weighted by molar-refractivity contribution is 6.10. The first-order chi connectivity index (χ1) is 14.8. The van der Waals surface area contributed by atoms with E-state index in [-0.39, 0.29) is 6.54 Å². The van der Waals surface area contributed by atoms with Crippen LogP contribution >= 0.6 is 0 Å². The summed E-state index contributed by atoms with van der Waals surface area (Å²) in [6.07, 6.45) is 0.764. The molecule has 0 radical (unpaired) electrons. The standard InChI is InChI=1S/C23H25N3O5/c1-14-5-7-17(15(2)11-14)24-20(27)13-26-21(28)23(3,25-22(26)29)16-6-8-18-19(12-16)31-10-4-9-30-18/h5-8,11-12H,4,9-10,13H2,1-3H3,(H,24,27)(H,25,29)/t23-/m0/s1. The van der Waals surface area contributed by atoms with Gasteiger partial charge in [-0.15, -0.1) is 0 Å². The topological polar surface area (TPSA) is 97.0 Å². The van der Waals surface area contributed by atoms with E-state index >= 15 is 0 Å². The molecule has 1 saturated heterocycles. The van der Waals surface area contributed by atoms with Crippen molar-refractivity contribution in [1.82, 2.24) is 10.2 Å². The minimum absolute atomic E-state index is 0.377. The van der Waals surface area contributed by atoms with Gasteiger partial charge in [0.1, 0.15) is 12.1 Å². The van der Waals surface area contributed by atoms with E-state index in [2.05, 4.69) is 10.6 Å². The molecule has 1 fully saturated rings. The minimum atomic E-state index is -1.30. The smallest absolute Gasteiger partial charge is 0.325 e. The highest BCUT2D eigenvalue weighted by Gasteiger charge is 2.49. The van der Waals surface area contributed by atoms with Crippen LogP contribution in [-0.4, -0.2) is 42.5 Å². The van der Waals surface area contributed by atoms with Crippen molar-refractivity contribution >= 4 is 23.5 Å². The molecule has 2 aliphatic rings. The van der Waals surface area contributed by atoms with E-state index in [1.54, 1.807) is 31.2 Å². The van der Waals surface area contributed by atoms with Crippen LogP contribution in [0.15, 0.2) is 36.4 Å². The number of hydrogen-bond donors (Lipinski definition) is 2. The summed E-state index contributed by atoms with van der Waals surface area (Å²) in [6.45, 7) is 6.16. The van der Waals surface area contributed by atoms with Crippen LogP contribution in [0.25, 0.3) is 0 Å². The predicted octanol–water partition coefficient (Wildman–Crippen LogP) is 2.87. The van der Waals surface area contributed by atoms with Gasteiger partial charge < -0.3 is 20.1 Å². The highest BCUT2D eigenvalue weighted by Crippen LogP contribution is 2.36. The average molecular weight is 423 g/mol. The molecule has 31 heavy (non-hydrogen) atoms. The summed E-state index contributed by atoms with van der Waals surface area (Å²) < 4.78 is 11.3. The van der Waals surface area contributed by atoms with Gasteiger partial charge in [0, 0.05) is 12.1 Å². The Morgan fingerprint density at radius 2 is 1.84 bits per heavy atom. The maximum atomic E-state index is 13.2. The van der Waals surface area contributed by atoms with Crippen molar-refractivity contribution in [2.24, 2.45) is 0 Å². The number of aryl methyl sites for hydroxylation is 2. The zero-order valence-corrected chi connectivity index (χ0v) is 17.8. The summed E-state index contributed by atoms with van der Waals surface area (Å²) in [5.41, 5.74) is 1.89. The maximum absolute atomic E-state index is 13.2. The molecular weight excluding hydrogens is 398 g/mol. The van der Waals surface area contributed by atoms with Crippen molar-refractivity contribution in [3.63, 3.8) is 0 Å². The number of anilines is 1. The minimum Gasteiger partial charge on any atom is -0.490 e. The second kappa shape index (κ2) is 7.94. The molecule has 2 N–H and O–H groups in total. The van der Waals surface area contributed by atoms with Crippen molar-refractivity contribution < 1.29 is 23.9 Å². The normalized spacial score (nSPS) is 20.3. The van der Waals surface area contributed by atoms with Gasteiger partial charge in [0.2, 0.25) is 5.91 Å². The molecule has 0 unspecified atom stereocenters. The third kappa shape index (κ3) is 3.93. The molecule has 4 amide bonds. The molecule has 2 aromatic carbocycles. The van der Waals surface area contributed by atoms with Crippen molar-refractivity contribution in [2.45, 2.75) is 32.7 Å². The number of ether oxygens (including phenoxy) is 2. The fourth-order valence-electron chi connectivity index (χ4n) is 3.80. The molecule has 0 bridgehead atoms. The van der Waals surface area contributed by atoms with E-state index in [0.717, 1.165) is 22.4 Å². The summed E-state index contributed by atoms with van der Waals surface area (Å²) in [5, 5.41) is 5.49. The number of amides is 4. The third-order valence-corrected chi connectivity index (χ3v) is 5.56. The lowest BCUT2D eigenvalue weighted by molar-refractivity contribution is -0.133. The summed E-state index contributed by atoms with van der Waals surface area (Å²) in [7, 11) is 0. The molecule has 162 valence electrons. The Balaban J connectivity index is 1.51. The number of carbonyl (C=O) groups is 3. The number of urea groups is 1. The van der Waals surface area contributed by atoms with E-state index in [1.165, 1.54) is 0 Å². The first-order valence-electron chi connectivity index (χ1n) is 10.2. The number of nitrogens with zero attached hydrogens (tertiary/aromatic N) is 1. The molecule has 0 saturated carbocycles. The second-order valence-electron chi connectivity index (χ2n) is 8.02. The summed E-state index contributed by atoms with van der Waals surface area (Å²) in [6, 6.07) is 10.2. The molecule has 8 nitrogen and oxygen atoms in total. The second-order valence-corrected chi connectivity index (χ2v) is 8.02. The Bertz CT molecular complexity index is 1070. The van der Waals surface area contributed by atoms with Gasteiger partial charge in [0.25, 0.3) is 5.91 Å². The lowest BCUT2D eigenvalue weighted by Gasteiger charge is -2.23. The number of benzene rings is 2. The molecule has 4 rings (SSSR count). The Morgan fingerprint density at radius 3 is 2.58 bits per heavy atom. The number of hydrogen-bond acceptors (Lipinski definition) is 5. The average Bonchev–Trinajstić information content (AvgIpc) is 2.90. The Kier molecular flexibility index (Phi) is 5.31. The van der Waals surface area contributed by atoms with Crippen LogP contribution in [0.1, 0.15) is 30.0 Å². The molecule has 0 aromatic heterocycles. The zero-order valence-electron chi connectivity index (χ0n) is 17.8. The van der Waals surface area contributed by atoms with E-state index in [4.69, 9.17) is 9.47 Å². The van der Waals surface area contributed by atoms with Crippen LogP contribution in [0.3, 0.4) is 0 Å². The van der Waals surface area contributed by atoms with Crippen molar-refractivity contribution in [1.29, 1.82) is 0 Å². The zero-order chi connectivity index (χ0) is 22.2. The molecule has 1 atom stereocenters. The van der Waals surface area contributed by atoms with Crippen LogP contribution in [0.5, 0.6) is 11.5 Å². The van der Waals surface area contributed by atoms with Crippen LogP contribution in [-0.2, 0) is 15.1 Å². The molecule has 2 aromatic rings. The van der Waals surface area contributed by atoms with Gasteiger partial charge in [-0.1, -0.05) is 23.8 Å². The number of carbonyl (C=O) groups excluding carboxylic acids is 3. The molecule has 2 heterocycles. The number of fused-ring (bicyclic) bond motifs is 1. The van der Waals surface area contributed by atoms with Crippen molar-refractivity contribution in [2.75, 3.05) is 25.1 Å². The van der Waals surface area contributed by atoms with E-state index in [1.807, 2.05) is 26.0 Å². The first kappa shape index (κ1) is 20.7. The molecular formula is C23H25N3O5. The summed E-state index contributed by atoms with van der Waals surface area (Å²) >= 11 is 0. The van der Waals surface area contributed by atoms with Crippen molar-refractivity contribution in [3.8, 4) is 11.5 Å².